The zero-order valence-electron chi connectivity index (χ0n) is 18.8. The molecule has 172 valence electrons. The second-order valence-corrected chi connectivity index (χ2v) is 9.45. The van der Waals surface area contributed by atoms with Crippen molar-refractivity contribution in [2.45, 2.75) is 24.8 Å². The molecule has 3 rings (SSSR count). The highest BCUT2D eigenvalue weighted by molar-refractivity contribution is 7.92. The molecule has 0 saturated carbocycles. The number of esters is 1. The number of rotatable bonds is 8. The van der Waals surface area contributed by atoms with E-state index in [2.05, 4.69) is 0 Å². The van der Waals surface area contributed by atoms with Crippen molar-refractivity contribution in [3.63, 3.8) is 0 Å². The molecular formula is C25H25NO6S. The number of nitrogens with zero attached hydrogens (tertiary/aromatic N) is 1. The third-order valence-corrected chi connectivity index (χ3v) is 6.93. The standard InChI is InChI=1S/C25H25NO6S/c1-17-8-10-19(11-9-17)24(27)18(2)32-25(28)20-6-5-7-23(16-20)33(29,30)26(3)21-12-14-22(31-4)15-13-21/h5-16,18H,1-4H3/t18-/m0/s1. The van der Waals surface area contributed by atoms with Gasteiger partial charge in [-0.2, -0.15) is 0 Å². The summed E-state index contributed by atoms with van der Waals surface area (Å²) in [6.07, 6.45) is -1.03. The lowest BCUT2D eigenvalue weighted by Crippen LogP contribution is -2.27. The largest absolute Gasteiger partial charge is 0.497 e. The van der Waals surface area contributed by atoms with E-state index in [1.807, 2.05) is 6.92 Å². The first kappa shape index (κ1) is 24.0. The molecule has 1 atom stereocenters. The monoisotopic (exact) mass is 467 g/mol. The number of anilines is 1. The number of carbonyl (C=O) groups excluding carboxylic acids is 2. The minimum Gasteiger partial charge on any atom is -0.497 e. The molecule has 0 unspecified atom stereocenters. The molecule has 0 bridgehead atoms. The molecule has 3 aromatic carbocycles. The topological polar surface area (TPSA) is 90.0 Å². The zero-order valence-corrected chi connectivity index (χ0v) is 19.6. The number of carbonyl (C=O) groups is 2. The van der Waals surface area contributed by atoms with Crippen LogP contribution in [0.2, 0.25) is 0 Å². The normalized spacial score (nSPS) is 12.0. The minimum absolute atomic E-state index is 0.0303. The number of Topliss-reactive ketones (excluding diaryl/α,β-unsaturated/α-hetero) is 1. The average molecular weight is 468 g/mol. The Bertz CT molecular complexity index is 1250. The molecule has 33 heavy (non-hydrogen) atoms. The van der Waals surface area contributed by atoms with Gasteiger partial charge in [-0.15, -0.1) is 0 Å². The molecule has 0 saturated heterocycles. The Labute approximate surface area is 193 Å². The van der Waals surface area contributed by atoms with Gasteiger partial charge in [-0.1, -0.05) is 35.9 Å². The zero-order chi connectivity index (χ0) is 24.2. The van der Waals surface area contributed by atoms with E-state index in [0.29, 0.717) is 17.0 Å². The van der Waals surface area contributed by atoms with Gasteiger partial charge in [-0.3, -0.25) is 9.10 Å². The van der Waals surface area contributed by atoms with Gasteiger partial charge in [0.15, 0.2) is 6.10 Å². The first-order valence-corrected chi connectivity index (χ1v) is 11.6. The lowest BCUT2D eigenvalue weighted by atomic mass is 10.1. The smallest absolute Gasteiger partial charge is 0.338 e. The fourth-order valence-electron chi connectivity index (χ4n) is 3.11. The van der Waals surface area contributed by atoms with Gasteiger partial charge in [0.25, 0.3) is 10.0 Å². The number of benzene rings is 3. The van der Waals surface area contributed by atoms with Crippen LogP contribution in [0.4, 0.5) is 5.69 Å². The molecule has 8 heteroatoms. The maximum absolute atomic E-state index is 13.1. The molecule has 0 aliphatic heterocycles. The van der Waals surface area contributed by atoms with E-state index >= 15 is 0 Å². The summed E-state index contributed by atoms with van der Waals surface area (Å²) in [6, 6.07) is 19.0. The predicted octanol–water partition coefficient (Wildman–Crippen LogP) is 4.26. The van der Waals surface area contributed by atoms with E-state index in [0.717, 1.165) is 9.87 Å². The molecule has 3 aromatic rings. The van der Waals surface area contributed by atoms with Crippen molar-refractivity contribution >= 4 is 27.5 Å². The highest BCUT2D eigenvalue weighted by Gasteiger charge is 2.24. The van der Waals surface area contributed by atoms with Crippen LogP contribution in [-0.4, -0.2) is 40.4 Å². The number of aryl methyl sites for hydroxylation is 1. The van der Waals surface area contributed by atoms with Crippen LogP contribution in [0.5, 0.6) is 5.75 Å². The Morgan fingerprint density at radius 1 is 0.909 bits per heavy atom. The summed E-state index contributed by atoms with van der Waals surface area (Å²) >= 11 is 0. The van der Waals surface area contributed by atoms with Gasteiger partial charge in [0.1, 0.15) is 5.75 Å². The number of ether oxygens (including phenoxy) is 2. The quantitative estimate of drug-likeness (QED) is 0.363. The minimum atomic E-state index is -3.94. The van der Waals surface area contributed by atoms with Gasteiger partial charge in [0.05, 0.1) is 23.3 Å². The molecular weight excluding hydrogens is 442 g/mol. The van der Waals surface area contributed by atoms with Gasteiger partial charge in [-0.05, 0) is 56.3 Å². The van der Waals surface area contributed by atoms with Crippen molar-refractivity contribution in [2.24, 2.45) is 0 Å². The van der Waals surface area contributed by atoms with E-state index in [1.54, 1.807) is 48.5 Å². The van der Waals surface area contributed by atoms with Crippen LogP contribution < -0.4 is 9.04 Å². The van der Waals surface area contributed by atoms with Crippen molar-refractivity contribution in [1.29, 1.82) is 0 Å². The summed E-state index contributed by atoms with van der Waals surface area (Å²) in [5.41, 5.74) is 1.90. The fraction of sp³-hybridized carbons (Fsp3) is 0.200. The summed E-state index contributed by atoms with van der Waals surface area (Å²) in [7, 11) is -0.998. The molecule has 7 nitrogen and oxygen atoms in total. The summed E-state index contributed by atoms with van der Waals surface area (Å²) in [6.45, 7) is 3.39. The molecule has 0 fully saturated rings. The summed E-state index contributed by atoms with van der Waals surface area (Å²) in [5, 5.41) is 0. The number of ketones is 1. The molecule has 0 aromatic heterocycles. The van der Waals surface area contributed by atoms with E-state index in [1.165, 1.54) is 45.3 Å². The van der Waals surface area contributed by atoms with Crippen LogP contribution in [0.1, 0.15) is 33.2 Å². The number of hydrogen-bond acceptors (Lipinski definition) is 6. The Hall–Kier alpha value is -3.65. The summed E-state index contributed by atoms with van der Waals surface area (Å²) in [5.74, 6) is -0.526. The van der Waals surface area contributed by atoms with Crippen LogP contribution >= 0.6 is 0 Å². The summed E-state index contributed by atoms with van der Waals surface area (Å²) < 4.78 is 37.7. The first-order chi connectivity index (χ1) is 15.6. The van der Waals surface area contributed by atoms with Crippen molar-refractivity contribution in [2.75, 3.05) is 18.5 Å². The van der Waals surface area contributed by atoms with Gasteiger partial charge < -0.3 is 9.47 Å². The SMILES string of the molecule is COc1ccc(N(C)S(=O)(=O)c2cccc(C(=O)O[C@@H](C)C(=O)c3ccc(C)cc3)c2)cc1. The number of hydrogen-bond donors (Lipinski definition) is 0. The van der Waals surface area contributed by atoms with Crippen molar-refractivity contribution < 1.29 is 27.5 Å². The second-order valence-electron chi connectivity index (χ2n) is 7.48. The molecule has 0 heterocycles. The average Bonchev–Trinajstić information content (AvgIpc) is 2.83. The van der Waals surface area contributed by atoms with Crippen molar-refractivity contribution in [3.05, 3.63) is 89.5 Å². The fourth-order valence-corrected chi connectivity index (χ4v) is 4.35. The van der Waals surface area contributed by atoms with Gasteiger partial charge >= 0.3 is 5.97 Å². The molecule has 0 spiro atoms. The lowest BCUT2D eigenvalue weighted by Gasteiger charge is -2.20. The Balaban J connectivity index is 1.77. The van der Waals surface area contributed by atoms with E-state index < -0.39 is 22.1 Å². The van der Waals surface area contributed by atoms with Crippen LogP contribution in [0.25, 0.3) is 0 Å². The van der Waals surface area contributed by atoms with Crippen molar-refractivity contribution in [1.82, 2.24) is 0 Å². The maximum atomic E-state index is 13.1. The Morgan fingerprint density at radius 2 is 1.55 bits per heavy atom. The van der Waals surface area contributed by atoms with Gasteiger partial charge in [0, 0.05) is 12.6 Å². The molecule has 0 aliphatic rings. The van der Waals surface area contributed by atoms with Crippen LogP contribution in [0.3, 0.4) is 0 Å². The third-order valence-electron chi connectivity index (χ3n) is 5.15. The van der Waals surface area contributed by atoms with Gasteiger partial charge in [0.2, 0.25) is 5.78 Å². The highest BCUT2D eigenvalue weighted by Crippen LogP contribution is 2.25. The second kappa shape index (κ2) is 9.87. The first-order valence-electron chi connectivity index (χ1n) is 10.2. The van der Waals surface area contributed by atoms with E-state index in [4.69, 9.17) is 9.47 Å². The third kappa shape index (κ3) is 5.40. The van der Waals surface area contributed by atoms with Crippen LogP contribution in [0.15, 0.2) is 77.7 Å². The van der Waals surface area contributed by atoms with Crippen molar-refractivity contribution in [3.8, 4) is 5.75 Å². The molecule has 0 aliphatic carbocycles. The molecule has 0 radical (unpaired) electrons. The Kier molecular flexibility index (Phi) is 7.18. The van der Waals surface area contributed by atoms with Crippen LogP contribution in [-0.2, 0) is 14.8 Å². The molecule has 0 N–H and O–H groups in total. The Morgan fingerprint density at radius 3 is 2.15 bits per heavy atom. The highest BCUT2D eigenvalue weighted by atomic mass is 32.2. The van der Waals surface area contributed by atoms with Crippen LogP contribution in [0, 0.1) is 6.92 Å². The maximum Gasteiger partial charge on any atom is 0.338 e. The van der Waals surface area contributed by atoms with Gasteiger partial charge in [-0.25, -0.2) is 13.2 Å². The summed E-state index contributed by atoms with van der Waals surface area (Å²) in [4.78, 5) is 25.1. The van der Waals surface area contributed by atoms with E-state index in [-0.39, 0.29) is 16.2 Å². The number of sulfonamides is 1. The predicted molar refractivity (Wildman–Crippen MR) is 125 cm³/mol. The number of methoxy groups -OCH3 is 1. The lowest BCUT2D eigenvalue weighted by molar-refractivity contribution is 0.0318. The van der Waals surface area contributed by atoms with E-state index in [9.17, 15) is 18.0 Å². The molecule has 0 amide bonds.